The first-order valence-corrected chi connectivity index (χ1v) is 7.13. The van der Waals surface area contributed by atoms with Gasteiger partial charge in [0.25, 0.3) is 0 Å². The number of nitrogens with two attached hydrogens (primary N) is 1. The van der Waals surface area contributed by atoms with Gasteiger partial charge in [-0.05, 0) is 26.0 Å². The van der Waals surface area contributed by atoms with Gasteiger partial charge in [0.2, 0.25) is 0 Å². The molecule has 92 valence electrons. The molecule has 3 atom stereocenters. The SMILES string of the molecule is Cc1ccc(C(SCC(O)CO)C(C)N)s1. The normalized spacial score (nSPS) is 17.1. The minimum atomic E-state index is -0.660. The second-order valence-electron chi connectivity index (χ2n) is 3.90. The number of aliphatic hydroxyl groups is 2. The highest BCUT2D eigenvalue weighted by Gasteiger charge is 2.19. The van der Waals surface area contributed by atoms with Gasteiger partial charge in [0, 0.05) is 21.5 Å². The van der Waals surface area contributed by atoms with E-state index in [1.54, 1.807) is 23.1 Å². The van der Waals surface area contributed by atoms with Crippen LogP contribution in [-0.4, -0.2) is 34.7 Å². The zero-order valence-electron chi connectivity index (χ0n) is 9.59. The third kappa shape index (κ3) is 4.07. The third-order valence-electron chi connectivity index (χ3n) is 2.20. The van der Waals surface area contributed by atoms with Gasteiger partial charge in [0.05, 0.1) is 18.0 Å². The van der Waals surface area contributed by atoms with Crippen LogP contribution in [0, 0.1) is 6.92 Å². The predicted octanol–water partition coefficient (Wildman–Crippen LogP) is 1.53. The Bertz CT molecular complexity index is 315. The first-order valence-electron chi connectivity index (χ1n) is 5.27. The van der Waals surface area contributed by atoms with Crippen LogP contribution in [0.15, 0.2) is 12.1 Å². The quantitative estimate of drug-likeness (QED) is 0.726. The van der Waals surface area contributed by atoms with Crippen LogP contribution in [0.1, 0.15) is 21.9 Å². The van der Waals surface area contributed by atoms with Gasteiger partial charge in [-0.15, -0.1) is 23.1 Å². The van der Waals surface area contributed by atoms with Crippen molar-refractivity contribution in [3.8, 4) is 0 Å². The summed E-state index contributed by atoms with van der Waals surface area (Å²) in [6.07, 6.45) is -0.660. The number of thiophene rings is 1. The fourth-order valence-electron chi connectivity index (χ4n) is 1.37. The summed E-state index contributed by atoms with van der Waals surface area (Å²) in [5.74, 6) is 0.514. The molecule has 16 heavy (non-hydrogen) atoms. The second-order valence-corrected chi connectivity index (χ2v) is 6.39. The van der Waals surface area contributed by atoms with Crippen molar-refractivity contribution < 1.29 is 10.2 Å². The molecular weight excluding hydrogens is 242 g/mol. The van der Waals surface area contributed by atoms with Gasteiger partial charge in [-0.25, -0.2) is 0 Å². The van der Waals surface area contributed by atoms with Gasteiger partial charge in [-0.3, -0.25) is 0 Å². The highest BCUT2D eigenvalue weighted by molar-refractivity contribution is 7.99. The van der Waals surface area contributed by atoms with Crippen molar-refractivity contribution in [3.05, 3.63) is 21.9 Å². The van der Waals surface area contributed by atoms with Crippen molar-refractivity contribution in [3.63, 3.8) is 0 Å². The van der Waals surface area contributed by atoms with E-state index in [1.807, 2.05) is 6.92 Å². The number of hydrogen-bond donors (Lipinski definition) is 3. The molecule has 5 heteroatoms. The molecule has 1 rings (SSSR count). The molecule has 0 bridgehead atoms. The van der Waals surface area contributed by atoms with E-state index in [2.05, 4.69) is 19.1 Å². The molecule has 0 spiro atoms. The average Bonchev–Trinajstić information content (AvgIpc) is 2.64. The van der Waals surface area contributed by atoms with Gasteiger partial charge in [0.15, 0.2) is 0 Å². The smallest absolute Gasteiger partial charge is 0.0861 e. The van der Waals surface area contributed by atoms with Crippen LogP contribution in [0.5, 0.6) is 0 Å². The largest absolute Gasteiger partial charge is 0.394 e. The Labute approximate surface area is 105 Å². The molecule has 0 radical (unpaired) electrons. The Hall–Kier alpha value is -0.0700. The van der Waals surface area contributed by atoms with E-state index in [9.17, 15) is 5.11 Å². The highest BCUT2D eigenvalue weighted by atomic mass is 32.2. The Morgan fingerprint density at radius 1 is 1.50 bits per heavy atom. The molecule has 0 aliphatic heterocycles. The molecule has 0 amide bonds. The van der Waals surface area contributed by atoms with Gasteiger partial charge >= 0.3 is 0 Å². The minimum Gasteiger partial charge on any atom is -0.394 e. The molecule has 0 aliphatic rings. The van der Waals surface area contributed by atoms with E-state index in [0.29, 0.717) is 5.75 Å². The van der Waals surface area contributed by atoms with Gasteiger partial charge in [-0.2, -0.15) is 0 Å². The number of aryl methyl sites for hydroxylation is 1. The van der Waals surface area contributed by atoms with Crippen LogP contribution in [0.2, 0.25) is 0 Å². The summed E-state index contributed by atoms with van der Waals surface area (Å²) in [4.78, 5) is 2.51. The lowest BCUT2D eigenvalue weighted by molar-refractivity contribution is 0.113. The second kappa shape index (κ2) is 6.61. The highest BCUT2D eigenvalue weighted by Crippen LogP contribution is 2.35. The van der Waals surface area contributed by atoms with E-state index < -0.39 is 6.10 Å². The molecule has 0 fully saturated rings. The van der Waals surface area contributed by atoms with Crippen molar-refractivity contribution in [2.45, 2.75) is 31.2 Å². The van der Waals surface area contributed by atoms with Crippen molar-refractivity contribution >= 4 is 23.1 Å². The van der Waals surface area contributed by atoms with Crippen molar-refractivity contribution in [1.82, 2.24) is 0 Å². The van der Waals surface area contributed by atoms with Crippen LogP contribution in [0.3, 0.4) is 0 Å². The number of thioether (sulfide) groups is 1. The molecule has 1 heterocycles. The van der Waals surface area contributed by atoms with Crippen molar-refractivity contribution in [2.75, 3.05) is 12.4 Å². The van der Waals surface area contributed by atoms with E-state index in [-0.39, 0.29) is 17.9 Å². The van der Waals surface area contributed by atoms with Crippen LogP contribution in [0.25, 0.3) is 0 Å². The Kier molecular flexibility index (Phi) is 5.78. The summed E-state index contributed by atoms with van der Waals surface area (Å²) in [5.41, 5.74) is 5.95. The van der Waals surface area contributed by atoms with Crippen LogP contribution in [0.4, 0.5) is 0 Å². The maximum atomic E-state index is 9.33. The van der Waals surface area contributed by atoms with E-state index >= 15 is 0 Å². The van der Waals surface area contributed by atoms with Gasteiger partial charge < -0.3 is 15.9 Å². The lowest BCUT2D eigenvalue weighted by Crippen LogP contribution is -2.24. The number of aliphatic hydroxyl groups excluding tert-OH is 2. The van der Waals surface area contributed by atoms with E-state index in [4.69, 9.17) is 10.8 Å². The van der Waals surface area contributed by atoms with Crippen molar-refractivity contribution in [1.29, 1.82) is 0 Å². The lowest BCUT2D eigenvalue weighted by atomic mass is 10.2. The average molecular weight is 261 g/mol. The zero-order valence-corrected chi connectivity index (χ0v) is 11.2. The Balaban J connectivity index is 2.61. The standard InChI is InChI=1S/C11H19NO2S2/c1-7-3-4-10(16-7)11(8(2)12)15-6-9(14)5-13/h3-4,8-9,11,13-14H,5-6,12H2,1-2H3. The summed E-state index contributed by atoms with van der Waals surface area (Å²) in [6.45, 7) is 3.85. The summed E-state index contributed by atoms with van der Waals surface area (Å²) >= 11 is 3.34. The number of rotatable bonds is 6. The summed E-state index contributed by atoms with van der Waals surface area (Å²) in [7, 11) is 0. The fourth-order valence-corrected chi connectivity index (χ4v) is 3.77. The van der Waals surface area contributed by atoms with E-state index in [0.717, 1.165) is 0 Å². The van der Waals surface area contributed by atoms with Gasteiger partial charge in [-0.1, -0.05) is 0 Å². The van der Waals surface area contributed by atoms with Crippen LogP contribution < -0.4 is 5.73 Å². The molecular formula is C11H19NO2S2. The maximum absolute atomic E-state index is 9.33. The Morgan fingerprint density at radius 2 is 2.19 bits per heavy atom. The molecule has 0 aromatic carbocycles. The van der Waals surface area contributed by atoms with Gasteiger partial charge in [0.1, 0.15) is 0 Å². The minimum absolute atomic E-state index is 0.0361. The molecule has 0 saturated heterocycles. The van der Waals surface area contributed by atoms with Crippen LogP contribution >= 0.6 is 23.1 Å². The Morgan fingerprint density at radius 3 is 2.62 bits per heavy atom. The predicted molar refractivity (Wildman–Crippen MR) is 71.0 cm³/mol. The van der Waals surface area contributed by atoms with Crippen molar-refractivity contribution in [2.24, 2.45) is 5.73 Å². The van der Waals surface area contributed by atoms with Crippen LogP contribution in [-0.2, 0) is 0 Å². The first-order chi connectivity index (χ1) is 7.54. The van der Waals surface area contributed by atoms with E-state index in [1.165, 1.54) is 9.75 Å². The molecule has 1 aromatic heterocycles. The molecule has 1 aromatic rings. The monoisotopic (exact) mass is 261 g/mol. The maximum Gasteiger partial charge on any atom is 0.0861 e. The molecule has 3 nitrogen and oxygen atoms in total. The third-order valence-corrected chi connectivity index (χ3v) is 5.05. The molecule has 0 saturated carbocycles. The summed E-state index contributed by atoms with van der Waals surface area (Å²) < 4.78 is 0. The lowest BCUT2D eigenvalue weighted by Gasteiger charge is -2.20. The first kappa shape index (κ1) is 14.0. The fraction of sp³-hybridized carbons (Fsp3) is 0.636. The molecule has 4 N–H and O–H groups in total. The summed E-state index contributed by atoms with van der Waals surface area (Å²) in [5, 5.41) is 18.3. The number of hydrogen-bond acceptors (Lipinski definition) is 5. The zero-order chi connectivity index (χ0) is 12.1. The molecule has 0 aliphatic carbocycles. The topological polar surface area (TPSA) is 66.5 Å². The summed E-state index contributed by atoms with van der Waals surface area (Å²) in [6, 6.07) is 4.21. The molecule has 3 unspecified atom stereocenters.